The molecule has 0 unspecified atom stereocenters. The Balaban J connectivity index is 2.64. The van der Waals surface area contributed by atoms with E-state index in [9.17, 15) is 0 Å². The lowest BCUT2D eigenvalue weighted by atomic mass is 9.74. The lowest BCUT2D eigenvalue weighted by molar-refractivity contribution is 0.0251. The number of ether oxygens (including phenoxy) is 1. The Morgan fingerprint density at radius 1 is 1.55 bits per heavy atom. The molecule has 0 saturated carbocycles. The van der Waals surface area contributed by atoms with Gasteiger partial charge in [0.25, 0.3) is 0 Å². The van der Waals surface area contributed by atoms with Crippen molar-refractivity contribution in [3.05, 3.63) is 11.5 Å². The van der Waals surface area contributed by atoms with Crippen LogP contribution < -0.4 is 0 Å². The van der Waals surface area contributed by atoms with Gasteiger partial charge in [0.05, 0.1) is 12.2 Å². The minimum atomic E-state index is -1.32. The van der Waals surface area contributed by atoms with Gasteiger partial charge >= 0.3 is 7.12 Å². The highest BCUT2D eigenvalue weighted by molar-refractivity contribution is 6.50. The van der Waals surface area contributed by atoms with Crippen molar-refractivity contribution in [2.75, 3.05) is 0 Å². The Labute approximate surface area is 66.8 Å². The van der Waals surface area contributed by atoms with Crippen LogP contribution in [-0.2, 0) is 4.74 Å². The lowest BCUT2D eigenvalue weighted by Crippen LogP contribution is -2.28. The zero-order valence-corrected chi connectivity index (χ0v) is 6.82. The van der Waals surface area contributed by atoms with Crippen LogP contribution in [0.25, 0.3) is 0 Å². The normalized spacial score (nSPS) is 31.5. The summed E-state index contributed by atoms with van der Waals surface area (Å²) in [5.41, 5.74) is 0.663. The Morgan fingerprint density at radius 2 is 2.18 bits per heavy atom. The predicted molar refractivity (Wildman–Crippen MR) is 42.9 cm³/mol. The molecule has 2 atom stereocenters. The molecule has 0 spiro atoms. The minimum absolute atomic E-state index is 0.00412. The first-order chi connectivity index (χ1) is 5.09. The topological polar surface area (TPSA) is 49.7 Å². The van der Waals surface area contributed by atoms with E-state index < -0.39 is 7.12 Å². The van der Waals surface area contributed by atoms with Gasteiger partial charge in [0, 0.05) is 0 Å². The van der Waals surface area contributed by atoms with Gasteiger partial charge in [-0.15, -0.1) is 0 Å². The maximum Gasteiger partial charge on any atom is 0.484 e. The minimum Gasteiger partial charge on any atom is -0.423 e. The van der Waals surface area contributed by atoms with E-state index in [1.165, 1.54) is 0 Å². The SMILES string of the molecule is C[C@@H]1CC(B(O)O)=C[C@H](C)O1. The fourth-order valence-electron chi connectivity index (χ4n) is 1.35. The molecule has 0 bridgehead atoms. The molecule has 1 heterocycles. The van der Waals surface area contributed by atoms with E-state index >= 15 is 0 Å². The summed E-state index contributed by atoms with van der Waals surface area (Å²) in [5.74, 6) is 0. The van der Waals surface area contributed by atoms with E-state index in [-0.39, 0.29) is 12.2 Å². The Kier molecular flexibility index (Phi) is 2.70. The van der Waals surface area contributed by atoms with E-state index in [4.69, 9.17) is 14.8 Å². The van der Waals surface area contributed by atoms with Gasteiger partial charge in [0.1, 0.15) is 0 Å². The summed E-state index contributed by atoms with van der Waals surface area (Å²) < 4.78 is 5.37. The van der Waals surface area contributed by atoms with Gasteiger partial charge in [-0.2, -0.15) is 0 Å². The highest BCUT2D eigenvalue weighted by Crippen LogP contribution is 2.18. The second-order valence-electron chi connectivity index (χ2n) is 2.97. The molecular weight excluding hydrogens is 143 g/mol. The molecule has 1 aliphatic heterocycles. The predicted octanol–water partition coefficient (Wildman–Crippen LogP) is 0.122. The molecule has 0 aromatic heterocycles. The van der Waals surface area contributed by atoms with Gasteiger partial charge < -0.3 is 14.8 Å². The first-order valence-corrected chi connectivity index (χ1v) is 3.81. The van der Waals surface area contributed by atoms with Gasteiger partial charge in [-0.25, -0.2) is 0 Å². The Bertz CT molecular complexity index is 167. The number of rotatable bonds is 1. The summed E-state index contributed by atoms with van der Waals surface area (Å²) >= 11 is 0. The van der Waals surface area contributed by atoms with Crippen molar-refractivity contribution in [1.82, 2.24) is 0 Å². The first-order valence-electron chi connectivity index (χ1n) is 3.81. The van der Waals surface area contributed by atoms with Crippen LogP contribution in [0.2, 0.25) is 0 Å². The van der Waals surface area contributed by atoms with Gasteiger partial charge in [0.2, 0.25) is 0 Å². The molecule has 0 saturated heterocycles. The van der Waals surface area contributed by atoms with Crippen molar-refractivity contribution < 1.29 is 14.8 Å². The van der Waals surface area contributed by atoms with Crippen molar-refractivity contribution in [3.63, 3.8) is 0 Å². The molecule has 0 amide bonds. The number of hydrogen-bond acceptors (Lipinski definition) is 3. The molecule has 62 valence electrons. The largest absolute Gasteiger partial charge is 0.484 e. The third-order valence-electron chi connectivity index (χ3n) is 1.75. The second-order valence-corrected chi connectivity index (χ2v) is 2.97. The van der Waals surface area contributed by atoms with Crippen molar-refractivity contribution >= 4 is 7.12 Å². The van der Waals surface area contributed by atoms with Crippen LogP contribution in [-0.4, -0.2) is 29.4 Å². The molecule has 1 aliphatic rings. The first kappa shape index (κ1) is 8.78. The van der Waals surface area contributed by atoms with Gasteiger partial charge in [-0.1, -0.05) is 6.08 Å². The zero-order valence-electron chi connectivity index (χ0n) is 6.82. The molecular formula is C7H13BO3. The average Bonchev–Trinajstić information content (AvgIpc) is 1.85. The second kappa shape index (κ2) is 3.39. The number of hydrogen-bond donors (Lipinski definition) is 2. The summed E-state index contributed by atoms with van der Waals surface area (Å²) in [6.45, 7) is 3.81. The smallest absolute Gasteiger partial charge is 0.423 e. The third kappa shape index (κ3) is 2.32. The van der Waals surface area contributed by atoms with Crippen LogP contribution >= 0.6 is 0 Å². The monoisotopic (exact) mass is 156 g/mol. The van der Waals surface area contributed by atoms with Crippen LogP contribution in [0, 0.1) is 0 Å². The van der Waals surface area contributed by atoms with E-state index in [1.54, 1.807) is 6.08 Å². The Hall–Kier alpha value is -0.315. The molecule has 0 aromatic rings. The maximum absolute atomic E-state index is 8.84. The highest BCUT2D eigenvalue weighted by Gasteiger charge is 2.23. The molecule has 0 radical (unpaired) electrons. The quantitative estimate of drug-likeness (QED) is 0.530. The summed E-state index contributed by atoms with van der Waals surface area (Å²) in [5, 5.41) is 17.7. The van der Waals surface area contributed by atoms with E-state index in [1.807, 2.05) is 13.8 Å². The van der Waals surface area contributed by atoms with Gasteiger partial charge in [-0.3, -0.25) is 0 Å². The van der Waals surface area contributed by atoms with Crippen LogP contribution in [0.4, 0.5) is 0 Å². The maximum atomic E-state index is 8.84. The van der Waals surface area contributed by atoms with Crippen molar-refractivity contribution in [2.45, 2.75) is 32.5 Å². The highest BCUT2D eigenvalue weighted by atomic mass is 16.5. The van der Waals surface area contributed by atoms with Crippen LogP contribution in [0.5, 0.6) is 0 Å². The van der Waals surface area contributed by atoms with Crippen LogP contribution in [0.3, 0.4) is 0 Å². The fraction of sp³-hybridized carbons (Fsp3) is 0.714. The van der Waals surface area contributed by atoms with Crippen molar-refractivity contribution in [1.29, 1.82) is 0 Å². The Morgan fingerprint density at radius 3 is 2.64 bits per heavy atom. The van der Waals surface area contributed by atoms with Crippen molar-refractivity contribution in [3.8, 4) is 0 Å². The molecule has 1 rings (SSSR count). The fourth-order valence-corrected chi connectivity index (χ4v) is 1.35. The molecule has 2 N–H and O–H groups in total. The molecule has 3 nitrogen and oxygen atoms in total. The summed E-state index contributed by atoms with van der Waals surface area (Å²) in [6.07, 6.45) is 2.45. The van der Waals surface area contributed by atoms with E-state index in [0.717, 1.165) is 0 Å². The summed E-state index contributed by atoms with van der Waals surface area (Å²) in [6, 6.07) is 0. The summed E-state index contributed by atoms with van der Waals surface area (Å²) in [4.78, 5) is 0. The molecule has 0 aliphatic carbocycles. The summed E-state index contributed by atoms with van der Waals surface area (Å²) in [7, 11) is -1.32. The third-order valence-corrected chi connectivity index (χ3v) is 1.75. The average molecular weight is 156 g/mol. The van der Waals surface area contributed by atoms with E-state index in [2.05, 4.69) is 0 Å². The lowest BCUT2D eigenvalue weighted by Gasteiger charge is -2.24. The van der Waals surface area contributed by atoms with Gasteiger partial charge in [0.15, 0.2) is 0 Å². The van der Waals surface area contributed by atoms with Crippen LogP contribution in [0.1, 0.15) is 20.3 Å². The van der Waals surface area contributed by atoms with Gasteiger partial charge in [-0.05, 0) is 25.7 Å². The molecule has 11 heavy (non-hydrogen) atoms. The van der Waals surface area contributed by atoms with Crippen molar-refractivity contribution in [2.24, 2.45) is 0 Å². The van der Waals surface area contributed by atoms with Crippen LogP contribution in [0.15, 0.2) is 11.5 Å². The molecule has 4 heteroatoms. The molecule has 0 aromatic carbocycles. The zero-order chi connectivity index (χ0) is 8.43. The standard InChI is InChI=1S/C7H13BO3/c1-5-3-7(8(9)10)4-6(2)11-5/h3,5-6,9-10H,4H2,1-2H3/t5-,6+/m0/s1. The molecule has 0 fully saturated rings. The van der Waals surface area contributed by atoms with E-state index in [0.29, 0.717) is 11.9 Å².